The summed E-state index contributed by atoms with van der Waals surface area (Å²) >= 11 is 0. The first-order valence-corrected chi connectivity index (χ1v) is 9.86. The number of likely N-dealkylation sites (tertiary alicyclic amines) is 1. The molecule has 2 aliphatic heterocycles. The standard InChI is InChI=1S/C19H28N4O4/c1-3-26-12-16(24)23-8-6-19(7-9-23)10-15-14(11-27-19)17(21-22(15)2)18(25)20-13-4-5-13/h13H,3-12H2,1-2H3,(H,20,25). The summed E-state index contributed by atoms with van der Waals surface area (Å²) in [5, 5.41) is 7.48. The lowest BCUT2D eigenvalue weighted by molar-refractivity contribution is -0.145. The maximum absolute atomic E-state index is 12.5. The highest BCUT2D eigenvalue weighted by molar-refractivity contribution is 5.94. The van der Waals surface area contributed by atoms with Gasteiger partial charge in [-0.25, -0.2) is 0 Å². The molecule has 2 amide bonds. The topological polar surface area (TPSA) is 85.7 Å². The van der Waals surface area contributed by atoms with Crippen molar-refractivity contribution in [3.63, 3.8) is 0 Å². The van der Waals surface area contributed by atoms with Crippen LogP contribution in [0.3, 0.4) is 0 Å². The van der Waals surface area contributed by atoms with Crippen molar-refractivity contribution >= 4 is 11.8 Å². The van der Waals surface area contributed by atoms with E-state index >= 15 is 0 Å². The van der Waals surface area contributed by atoms with Crippen LogP contribution in [0.5, 0.6) is 0 Å². The van der Waals surface area contributed by atoms with Gasteiger partial charge in [0.25, 0.3) is 5.91 Å². The fourth-order valence-corrected chi connectivity index (χ4v) is 3.99. The number of fused-ring (bicyclic) bond motifs is 1. The van der Waals surface area contributed by atoms with E-state index in [0.717, 1.165) is 43.4 Å². The summed E-state index contributed by atoms with van der Waals surface area (Å²) in [6.45, 7) is 4.34. The molecule has 3 heterocycles. The van der Waals surface area contributed by atoms with Gasteiger partial charge in [-0.1, -0.05) is 0 Å². The van der Waals surface area contributed by atoms with Gasteiger partial charge in [0.2, 0.25) is 5.91 Å². The third kappa shape index (κ3) is 3.73. The van der Waals surface area contributed by atoms with Crippen molar-refractivity contribution in [2.75, 3.05) is 26.3 Å². The second-order valence-electron chi connectivity index (χ2n) is 7.81. The van der Waals surface area contributed by atoms with Gasteiger partial charge >= 0.3 is 0 Å². The van der Waals surface area contributed by atoms with E-state index in [2.05, 4.69) is 10.4 Å². The molecule has 1 aromatic heterocycles. The largest absolute Gasteiger partial charge is 0.372 e. The SMILES string of the molecule is CCOCC(=O)N1CCC2(CC1)Cc1c(c(C(=O)NC3CC3)nn1C)CO2. The molecule has 8 heteroatoms. The van der Waals surface area contributed by atoms with Crippen LogP contribution in [0.15, 0.2) is 0 Å². The number of rotatable bonds is 5. The van der Waals surface area contributed by atoms with E-state index in [0.29, 0.717) is 38.0 Å². The van der Waals surface area contributed by atoms with Crippen LogP contribution in [0.4, 0.5) is 0 Å². The number of carbonyl (C=O) groups is 2. The highest BCUT2D eigenvalue weighted by Gasteiger charge is 2.42. The first kappa shape index (κ1) is 18.4. The highest BCUT2D eigenvalue weighted by atomic mass is 16.5. The van der Waals surface area contributed by atoms with Crippen LogP contribution < -0.4 is 5.32 Å². The van der Waals surface area contributed by atoms with Gasteiger partial charge in [-0.05, 0) is 32.6 Å². The Balaban J connectivity index is 1.42. The molecule has 1 saturated carbocycles. The number of hydrogen-bond donors (Lipinski definition) is 1. The number of amides is 2. The van der Waals surface area contributed by atoms with Crippen LogP contribution >= 0.6 is 0 Å². The van der Waals surface area contributed by atoms with Gasteiger partial charge in [-0.3, -0.25) is 14.3 Å². The second-order valence-corrected chi connectivity index (χ2v) is 7.81. The quantitative estimate of drug-likeness (QED) is 0.821. The van der Waals surface area contributed by atoms with Crippen molar-refractivity contribution in [2.24, 2.45) is 7.05 Å². The zero-order valence-electron chi connectivity index (χ0n) is 16.1. The number of nitrogens with zero attached hydrogens (tertiary/aromatic N) is 3. The minimum atomic E-state index is -0.270. The van der Waals surface area contributed by atoms with Crippen LogP contribution in [0.25, 0.3) is 0 Å². The van der Waals surface area contributed by atoms with Crippen molar-refractivity contribution in [1.29, 1.82) is 0 Å². The van der Waals surface area contributed by atoms with Gasteiger partial charge in [-0.2, -0.15) is 5.10 Å². The fourth-order valence-electron chi connectivity index (χ4n) is 3.99. The van der Waals surface area contributed by atoms with Crippen LogP contribution in [-0.4, -0.2) is 64.4 Å². The molecule has 2 fully saturated rings. The van der Waals surface area contributed by atoms with Crippen LogP contribution in [0, 0.1) is 0 Å². The van der Waals surface area contributed by atoms with Gasteiger partial charge in [0, 0.05) is 50.5 Å². The predicted octanol–water partition coefficient (Wildman–Crippen LogP) is 0.783. The van der Waals surface area contributed by atoms with Crippen LogP contribution in [-0.2, 0) is 34.3 Å². The maximum atomic E-state index is 12.5. The Morgan fingerprint density at radius 1 is 1.33 bits per heavy atom. The molecule has 0 unspecified atom stereocenters. The van der Waals surface area contributed by atoms with E-state index in [1.807, 2.05) is 23.6 Å². The molecule has 4 rings (SSSR count). The van der Waals surface area contributed by atoms with Crippen molar-refractivity contribution < 1.29 is 19.1 Å². The molecule has 0 aromatic carbocycles. The normalized spacial score (nSPS) is 21.2. The van der Waals surface area contributed by atoms with E-state index < -0.39 is 0 Å². The average molecular weight is 376 g/mol. The lowest BCUT2D eigenvalue weighted by atomic mass is 9.83. The Kier molecular flexibility index (Phi) is 4.94. The minimum Gasteiger partial charge on any atom is -0.372 e. The molecule has 148 valence electrons. The summed E-state index contributed by atoms with van der Waals surface area (Å²) in [7, 11) is 1.90. The number of hydrogen-bond acceptors (Lipinski definition) is 5. The maximum Gasteiger partial charge on any atom is 0.272 e. The van der Waals surface area contributed by atoms with Crippen molar-refractivity contribution in [3.05, 3.63) is 17.0 Å². The zero-order valence-corrected chi connectivity index (χ0v) is 16.1. The minimum absolute atomic E-state index is 0.0442. The summed E-state index contributed by atoms with van der Waals surface area (Å²) in [4.78, 5) is 26.5. The van der Waals surface area contributed by atoms with E-state index in [1.54, 1.807) is 0 Å². The average Bonchev–Trinajstić information content (AvgIpc) is 3.43. The first-order valence-electron chi connectivity index (χ1n) is 9.86. The molecule has 1 saturated heterocycles. The molecule has 0 radical (unpaired) electrons. The number of aryl methyl sites for hydroxylation is 1. The second kappa shape index (κ2) is 7.24. The van der Waals surface area contributed by atoms with E-state index in [4.69, 9.17) is 9.47 Å². The molecular weight excluding hydrogens is 348 g/mol. The Hall–Kier alpha value is -1.93. The van der Waals surface area contributed by atoms with Gasteiger partial charge in [0.05, 0.1) is 12.2 Å². The molecule has 3 aliphatic rings. The monoisotopic (exact) mass is 376 g/mol. The summed E-state index contributed by atoms with van der Waals surface area (Å²) in [6, 6.07) is 0.310. The summed E-state index contributed by atoms with van der Waals surface area (Å²) in [6.07, 6.45) is 4.42. The summed E-state index contributed by atoms with van der Waals surface area (Å²) in [5.41, 5.74) is 2.22. The lowest BCUT2D eigenvalue weighted by Crippen LogP contribution is -2.51. The van der Waals surface area contributed by atoms with Gasteiger partial charge in [-0.15, -0.1) is 0 Å². The third-order valence-electron chi connectivity index (χ3n) is 5.87. The third-order valence-corrected chi connectivity index (χ3v) is 5.87. The Labute approximate surface area is 159 Å². The summed E-state index contributed by atoms with van der Waals surface area (Å²) in [5.74, 6) is -0.0481. The fraction of sp³-hybridized carbons (Fsp3) is 0.737. The Bertz CT molecular complexity index is 732. The van der Waals surface area contributed by atoms with Gasteiger partial charge < -0.3 is 19.7 Å². The van der Waals surface area contributed by atoms with Crippen molar-refractivity contribution in [1.82, 2.24) is 20.0 Å². The lowest BCUT2D eigenvalue weighted by Gasteiger charge is -2.43. The molecule has 27 heavy (non-hydrogen) atoms. The smallest absolute Gasteiger partial charge is 0.272 e. The number of piperidine rings is 1. The van der Waals surface area contributed by atoms with E-state index in [9.17, 15) is 9.59 Å². The Morgan fingerprint density at radius 3 is 2.74 bits per heavy atom. The van der Waals surface area contributed by atoms with Crippen molar-refractivity contribution in [3.8, 4) is 0 Å². The zero-order chi connectivity index (χ0) is 19.0. The van der Waals surface area contributed by atoms with E-state index in [-0.39, 0.29) is 24.0 Å². The first-order chi connectivity index (χ1) is 13.0. The summed E-state index contributed by atoms with van der Waals surface area (Å²) < 4.78 is 13.3. The number of carbonyl (C=O) groups excluding carboxylic acids is 2. The molecule has 1 aliphatic carbocycles. The van der Waals surface area contributed by atoms with E-state index in [1.165, 1.54) is 0 Å². The molecule has 0 bridgehead atoms. The van der Waals surface area contributed by atoms with Gasteiger partial charge in [0.15, 0.2) is 5.69 Å². The van der Waals surface area contributed by atoms with Crippen LogP contribution in [0.1, 0.15) is 54.4 Å². The van der Waals surface area contributed by atoms with Crippen molar-refractivity contribution in [2.45, 2.75) is 57.3 Å². The molecule has 1 spiro atoms. The molecule has 0 atom stereocenters. The molecule has 1 aromatic rings. The molecule has 8 nitrogen and oxygen atoms in total. The number of ether oxygens (including phenoxy) is 2. The Morgan fingerprint density at radius 2 is 2.07 bits per heavy atom. The molecule has 1 N–H and O–H groups in total. The van der Waals surface area contributed by atoms with Crippen LogP contribution in [0.2, 0.25) is 0 Å². The number of nitrogens with one attached hydrogen (secondary N) is 1. The molecular formula is C19H28N4O4. The van der Waals surface area contributed by atoms with Gasteiger partial charge in [0.1, 0.15) is 6.61 Å². The predicted molar refractivity (Wildman–Crippen MR) is 97.2 cm³/mol. The number of aromatic nitrogens is 2. The highest BCUT2D eigenvalue weighted by Crippen LogP contribution is 2.37.